The van der Waals surface area contributed by atoms with Crippen molar-refractivity contribution in [3.05, 3.63) is 47.0 Å². The first-order valence-corrected chi connectivity index (χ1v) is 8.16. The molecule has 25 heavy (non-hydrogen) atoms. The zero-order valence-corrected chi connectivity index (χ0v) is 15.3. The van der Waals surface area contributed by atoms with Gasteiger partial charge in [0, 0.05) is 31.2 Å². The molecule has 0 saturated carbocycles. The molecular weight excluding hydrogens is 320 g/mol. The summed E-state index contributed by atoms with van der Waals surface area (Å²) in [5.74, 6) is 1.08. The van der Waals surface area contributed by atoms with Crippen molar-refractivity contribution < 1.29 is 24.8 Å². The molecule has 0 aliphatic rings. The monoisotopic (exact) mass is 346 g/mol. The van der Waals surface area contributed by atoms with Crippen molar-refractivity contribution in [2.24, 2.45) is 0 Å². The van der Waals surface area contributed by atoms with E-state index in [0.29, 0.717) is 17.9 Å². The molecule has 0 saturated heterocycles. The second-order valence-corrected chi connectivity index (χ2v) is 6.87. The number of aliphatic hydroxyl groups is 1. The van der Waals surface area contributed by atoms with Crippen LogP contribution >= 0.6 is 0 Å². The van der Waals surface area contributed by atoms with Gasteiger partial charge in [-0.2, -0.15) is 0 Å². The number of rotatable bonds is 6. The Bertz CT molecular complexity index is 732. The highest BCUT2D eigenvalue weighted by Crippen LogP contribution is 2.35. The van der Waals surface area contributed by atoms with E-state index < -0.39 is 11.7 Å². The molecule has 2 aromatic rings. The molecule has 0 radical (unpaired) electrons. The van der Waals surface area contributed by atoms with Crippen molar-refractivity contribution in [2.45, 2.75) is 45.8 Å². The molecule has 136 valence electrons. The molecule has 2 rings (SSSR count). The number of methoxy groups -OCH3 is 1. The highest BCUT2D eigenvalue weighted by atomic mass is 16.5. The van der Waals surface area contributed by atoms with Crippen molar-refractivity contribution in [1.29, 1.82) is 0 Å². The summed E-state index contributed by atoms with van der Waals surface area (Å²) >= 11 is 0. The van der Waals surface area contributed by atoms with Crippen molar-refractivity contribution >= 4 is 0 Å². The van der Waals surface area contributed by atoms with Crippen molar-refractivity contribution in [1.82, 2.24) is 0 Å². The number of aliphatic hydroxyl groups excluding tert-OH is 1. The third-order valence-electron chi connectivity index (χ3n) is 4.41. The first kappa shape index (κ1) is 19.1. The van der Waals surface area contributed by atoms with Gasteiger partial charge in [0.25, 0.3) is 0 Å². The van der Waals surface area contributed by atoms with E-state index >= 15 is 0 Å². The zero-order chi connectivity index (χ0) is 18.8. The Hall–Kier alpha value is -2.24. The maximum Gasteiger partial charge on any atom is 0.134 e. The Morgan fingerprint density at radius 2 is 1.64 bits per heavy atom. The van der Waals surface area contributed by atoms with E-state index in [1.807, 2.05) is 27.7 Å². The van der Waals surface area contributed by atoms with Crippen LogP contribution in [-0.4, -0.2) is 34.1 Å². The summed E-state index contributed by atoms with van der Waals surface area (Å²) in [5, 5.41) is 30.2. The average Bonchev–Trinajstić information content (AvgIpc) is 2.49. The van der Waals surface area contributed by atoms with Crippen LogP contribution < -0.4 is 4.74 Å². The highest BCUT2D eigenvalue weighted by molar-refractivity contribution is 5.49. The number of hydrogen-bond donors (Lipinski definition) is 3. The summed E-state index contributed by atoms with van der Waals surface area (Å²) < 4.78 is 11.3. The molecule has 0 fully saturated rings. The molecular formula is C20H26O5. The summed E-state index contributed by atoms with van der Waals surface area (Å²) in [5.41, 5.74) is 1.71. The summed E-state index contributed by atoms with van der Waals surface area (Å²) in [7, 11) is 1.56. The fraction of sp³-hybridized carbons (Fsp3) is 0.400. The summed E-state index contributed by atoms with van der Waals surface area (Å²) in [6.07, 6.45) is -0.450. The molecule has 0 aliphatic heterocycles. The van der Waals surface area contributed by atoms with Gasteiger partial charge in [-0.15, -0.1) is 0 Å². The Morgan fingerprint density at radius 3 is 2.24 bits per heavy atom. The van der Waals surface area contributed by atoms with Gasteiger partial charge < -0.3 is 24.8 Å². The van der Waals surface area contributed by atoms with Crippen LogP contribution in [0.5, 0.6) is 23.0 Å². The second-order valence-electron chi connectivity index (χ2n) is 6.87. The van der Waals surface area contributed by atoms with E-state index in [1.165, 1.54) is 12.1 Å². The predicted molar refractivity (Wildman–Crippen MR) is 96.6 cm³/mol. The lowest BCUT2D eigenvalue weighted by atomic mass is 9.92. The number of ether oxygens (including phenoxy) is 2. The van der Waals surface area contributed by atoms with Gasteiger partial charge >= 0.3 is 0 Å². The first-order chi connectivity index (χ1) is 11.6. The standard InChI is InChI=1S/C20H26O5/c1-12-6-14(21)9-16(7-12)25-18-10-15(22)8-13(2)17(18)11-19(23)20(3,4)24-5/h6-10,19,21-23H,11H2,1-5H3. The molecule has 0 amide bonds. The Morgan fingerprint density at radius 1 is 1.00 bits per heavy atom. The third-order valence-corrected chi connectivity index (χ3v) is 4.41. The lowest BCUT2D eigenvalue weighted by Gasteiger charge is -2.30. The van der Waals surface area contributed by atoms with Gasteiger partial charge in [0.15, 0.2) is 0 Å². The summed E-state index contributed by atoms with van der Waals surface area (Å²) in [6, 6.07) is 8.06. The fourth-order valence-corrected chi connectivity index (χ4v) is 2.61. The van der Waals surface area contributed by atoms with Crippen LogP contribution in [-0.2, 0) is 11.2 Å². The number of hydrogen-bond acceptors (Lipinski definition) is 5. The molecule has 0 aliphatic carbocycles. The molecule has 3 N–H and O–H groups in total. The SMILES string of the molecule is COC(C)(C)C(O)Cc1c(C)cc(O)cc1Oc1cc(C)cc(O)c1. The number of aromatic hydroxyl groups is 2. The Kier molecular flexibility index (Phi) is 5.60. The topological polar surface area (TPSA) is 79.2 Å². The minimum absolute atomic E-state index is 0.0774. The molecule has 0 spiro atoms. The van der Waals surface area contributed by atoms with E-state index in [1.54, 1.807) is 25.3 Å². The number of phenolic OH excluding ortho intramolecular Hbond substituents is 2. The molecule has 0 aromatic heterocycles. The average molecular weight is 346 g/mol. The van der Waals surface area contributed by atoms with Gasteiger partial charge in [0.1, 0.15) is 23.0 Å². The first-order valence-electron chi connectivity index (χ1n) is 8.16. The number of phenols is 2. The maximum atomic E-state index is 10.5. The van der Waals surface area contributed by atoms with Crippen LogP contribution in [0.1, 0.15) is 30.5 Å². The van der Waals surface area contributed by atoms with Gasteiger partial charge in [-0.3, -0.25) is 0 Å². The van der Waals surface area contributed by atoms with Crippen molar-refractivity contribution in [3.8, 4) is 23.0 Å². The van der Waals surface area contributed by atoms with Crippen LogP contribution in [0.2, 0.25) is 0 Å². The minimum Gasteiger partial charge on any atom is -0.508 e. The summed E-state index contributed by atoms with van der Waals surface area (Å²) in [6.45, 7) is 7.33. The van der Waals surface area contributed by atoms with Crippen molar-refractivity contribution in [2.75, 3.05) is 7.11 Å². The predicted octanol–water partition coefficient (Wildman–Crippen LogP) is 3.84. The molecule has 5 heteroatoms. The Balaban J connectivity index is 2.40. The van der Waals surface area contributed by atoms with Crippen molar-refractivity contribution in [3.63, 3.8) is 0 Å². The quantitative estimate of drug-likeness (QED) is 0.741. The van der Waals surface area contributed by atoms with Crippen LogP contribution in [0.25, 0.3) is 0 Å². The zero-order valence-electron chi connectivity index (χ0n) is 15.3. The van der Waals surface area contributed by atoms with E-state index in [0.717, 1.165) is 16.7 Å². The maximum absolute atomic E-state index is 10.5. The minimum atomic E-state index is -0.756. The third kappa shape index (κ3) is 4.65. The lowest BCUT2D eigenvalue weighted by Crippen LogP contribution is -2.39. The van der Waals surface area contributed by atoms with Gasteiger partial charge in [-0.25, -0.2) is 0 Å². The van der Waals surface area contributed by atoms with Crippen LogP contribution in [0.15, 0.2) is 30.3 Å². The van der Waals surface area contributed by atoms with Gasteiger partial charge in [-0.1, -0.05) is 0 Å². The molecule has 5 nitrogen and oxygen atoms in total. The molecule has 0 bridgehead atoms. The second kappa shape index (κ2) is 7.33. The molecule has 1 unspecified atom stereocenters. The lowest BCUT2D eigenvalue weighted by molar-refractivity contribution is -0.0766. The van der Waals surface area contributed by atoms with Crippen LogP contribution in [0.3, 0.4) is 0 Å². The molecule has 0 heterocycles. The molecule has 1 atom stereocenters. The van der Waals surface area contributed by atoms with E-state index in [9.17, 15) is 15.3 Å². The van der Waals surface area contributed by atoms with E-state index in [-0.39, 0.29) is 11.5 Å². The largest absolute Gasteiger partial charge is 0.508 e. The Labute approximate surface area is 148 Å². The number of aryl methyl sites for hydroxylation is 2. The smallest absolute Gasteiger partial charge is 0.134 e. The van der Waals surface area contributed by atoms with Gasteiger partial charge in [-0.05, 0) is 57.0 Å². The highest BCUT2D eigenvalue weighted by Gasteiger charge is 2.29. The fourth-order valence-electron chi connectivity index (χ4n) is 2.61. The van der Waals surface area contributed by atoms with Gasteiger partial charge in [0.2, 0.25) is 0 Å². The molecule has 2 aromatic carbocycles. The van der Waals surface area contributed by atoms with Crippen LogP contribution in [0, 0.1) is 13.8 Å². The normalized spacial score (nSPS) is 12.9. The van der Waals surface area contributed by atoms with E-state index in [2.05, 4.69) is 0 Å². The van der Waals surface area contributed by atoms with Gasteiger partial charge in [0.05, 0.1) is 11.7 Å². The van der Waals surface area contributed by atoms with E-state index in [4.69, 9.17) is 9.47 Å². The summed E-state index contributed by atoms with van der Waals surface area (Å²) in [4.78, 5) is 0. The number of benzene rings is 2. The van der Waals surface area contributed by atoms with Crippen LogP contribution in [0.4, 0.5) is 0 Å².